The van der Waals surface area contributed by atoms with E-state index in [1.165, 1.54) is 44.9 Å². The summed E-state index contributed by atoms with van der Waals surface area (Å²) in [6.45, 7) is 20.7. The van der Waals surface area contributed by atoms with Gasteiger partial charge in [0, 0.05) is 11.1 Å². The van der Waals surface area contributed by atoms with Crippen LogP contribution in [0.1, 0.15) is 114 Å². The molecule has 0 aliphatic carbocycles. The van der Waals surface area contributed by atoms with Gasteiger partial charge in [0.15, 0.2) is 0 Å². The lowest BCUT2D eigenvalue weighted by molar-refractivity contribution is -0.0112. The third kappa shape index (κ3) is 14.7. The summed E-state index contributed by atoms with van der Waals surface area (Å²) in [5.74, 6) is 0. The van der Waals surface area contributed by atoms with Gasteiger partial charge in [-0.3, -0.25) is 10.6 Å². The standard InChI is InChI=1S/C22H48N2O/c1-10-11-12-13-14-15-16-17-22(18-25-19(2)3,23-20(4,5)6)24-21(7,8)9/h19,23-24H,10-18H2,1-9H3. The predicted octanol–water partition coefficient (Wildman–Crippen LogP) is 6.02. The fraction of sp³-hybridized carbons (Fsp3) is 1.00. The summed E-state index contributed by atoms with van der Waals surface area (Å²) in [6.07, 6.45) is 10.7. The van der Waals surface area contributed by atoms with Gasteiger partial charge in [0.05, 0.1) is 18.4 Å². The highest BCUT2D eigenvalue weighted by Gasteiger charge is 2.36. The fourth-order valence-corrected chi connectivity index (χ4v) is 3.43. The Morgan fingerprint density at radius 1 is 0.720 bits per heavy atom. The van der Waals surface area contributed by atoms with E-state index in [-0.39, 0.29) is 22.8 Å². The normalized spacial score (nSPS) is 13.7. The predicted molar refractivity (Wildman–Crippen MR) is 112 cm³/mol. The zero-order valence-corrected chi connectivity index (χ0v) is 18.8. The number of hydrogen-bond acceptors (Lipinski definition) is 3. The van der Waals surface area contributed by atoms with Crippen LogP contribution in [0.25, 0.3) is 0 Å². The Bertz CT molecular complexity index is 310. The topological polar surface area (TPSA) is 33.3 Å². The van der Waals surface area contributed by atoms with Crippen LogP contribution in [0, 0.1) is 0 Å². The molecule has 0 aromatic carbocycles. The molecular weight excluding hydrogens is 308 g/mol. The molecule has 2 N–H and O–H groups in total. The Kier molecular flexibility index (Phi) is 11.5. The molecule has 0 saturated carbocycles. The molecule has 152 valence electrons. The van der Waals surface area contributed by atoms with E-state index in [0.29, 0.717) is 6.61 Å². The minimum atomic E-state index is -0.176. The first-order valence-corrected chi connectivity index (χ1v) is 10.6. The van der Waals surface area contributed by atoms with E-state index in [9.17, 15) is 0 Å². The van der Waals surface area contributed by atoms with E-state index in [4.69, 9.17) is 4.74 Å². The van der Waals surface area contributed by atoms with Gasteiger partial charge in [-0.1, -0.05) is 51.9 Å². The van der Waals surface area contributed by atoms with Crippen LogP contribution in [-0.2, 0) is 4.74 Å². The number of hydrogen-bond donors (Lipinski definition) is 2. The smallest absolute Gasteiger partial charge is 0.0935 e. The van der Waals surface area contributed by atoms with E-state index in [1.54, 1.807) is 0 Å². The lowest BCUT2D eigenvalue weighted by Gasteiger charge is -2.45. The van der Waals surface area contributed by atoms with Gasteiger partial charge in [0.25, 0.3) is 0 Å². The van der Waals surface area contributed by atoms with Crippen LogP contribution in [0.4, 0.5) is 0 Å². The Labute approximate surface area is 159 Å². The molecule has 0 amide bonds. The number of ether oxygens (including phenoxy) is 1. The van der Waals surface area contributed by atoms with Gasteiger partial charge >= 0.3 is 0 Å². The second-order valence-corrected chi connectivity index (χ2v) is 10.1. The molecule has 0 saturated heterocycles. The maximum atomic E-state index is 6.08. The molecule has 0 radical (unpaired) electrons. The first-order valence-electron chi connectivity index (χ1n) is 10.6. The summed E-state index contributed by atoms with van der Waals surface area (Å²) < 4.78 is 6.08. The van der Waals surface area contributed by atoms with Crippen molar-refractivity contribution in [3.63, 3.8) is 0 Å². The Hall–Kier alpha value is -0.120. The molecule has 3 heteroatoms. The van der Waals surface area contributed by atoms with Crippen LogP contribution in [0.3, 0.4) is 0 Å². The molecule has 0 aromatic rings. The van der Waals surface area contributed by atoms with Crippen LogP contribution < -0.4 is 10.6 Å². The van der Waals surface area contributed by atoms with Crippen molar-refractivity contribution in [2.75, 3.05) is 6.61 Å². The van der Waals surface area contributed by atoms with Crippen LogP contribution in [-0.4, -0.2) is 29.5 Å². The third-order valence-corrected chi connectivity index (χ3v) is 4.10. The van der Waals surface area contributed by atoms with Crippen LogP contribution in [0.5, 0.6) is 0 Å². The third-order valence-electron chi connectivity index (χ3n) is 4.10. The summed E-state index contributed by atoms with van der Waals surface area (Å²) in [7, 11) is 0. The van der Waals surface area contributed by atoms with Crippen molar-refractivity contribution < 1.29 is 4.74 Å². The van der Waals surface area contributed by atoms with Crippen LogP contribution in [0.2, 0.25) is 0 Å². The van der Waals surface area contributed by atoms with Crippen molar-refractivity contribution in [2.24, 2.45) is 0 Å². The van der Waals surface area contributed by atoms with Crippen LogP contribution >= 0.6 is 0 Å². The van der Waals surface area contributed by atoms with Crippen molar-refractivity contribution in [3.8, 4) is 0 Å². The van der Waals surface area contributed by atoms with Crippen molar-refractivity contribution in [1.29, 1.82) is 0 Å². The molecular formula is C22H48N2O. The second-order valence-electron chi connectivity index (χ2n) is 10.1. The fourth-order valence-electron chi connectivity index (χ4n) is 3.43. The molecule has 0 rings (SSSR count). The molecule has 0 heterocycles. The molecule has 0 aliphatic rings. The highest BCUT2D eigenvalue weighted by Crippen LogP contribution is 2.22. The quantitative estimate of drug-likeness (QED) is 0.312. The monoisotopic (exact) mass is 356 g/mol. The summed E-state index contributed by atoms with van der Waals surface area (Å²) >= 11 is 0. The molecule has 0 fully saturated rings. The molecule has 25 heavy (non-hydrogen) atoms. The summed E-state index contributed by atoms with van der Waals surface area (Å²) in [6, 6.07) is 0. The van der Waals surface area contributed by atoms with E-state index >= 15 is 0 Å². The highest BCUT2D eigenvalue weighted by molar-refractivity contribution is 4.95. The molecule has 0 spiro atoms. The zero-order chi connectivity index (χ0) is 19.6. The molecule has 0 aromatic heterocycles. The summed E-state index contributed by atoms with van der Waals surface area (Å²) in [4.78, 5) is 0. The number of rotatable bonds is 13. The lowest BCUT2D eigenvalue weighted by Crippen LogP contribution is -2.69. The average molecular weight is 357 g/mol. The SMILES string of the molecule is CCCCCCCCCC(COC(C)C)(NC(C)(C)C)NC(C)(C)C. The van der Waals surface area contributed by atoms with Crippen molar-refractivity contribution >= 4 is 0 Å². The van der Waals surface area contributed by atoms with E-state index in [2.05, 4.69) is 72.9 Å². The highest BCUT2D eigenvalue weighted by atomic mass is 16.5. The van der Waals surface area contributed by atoms with E-state index in [1.807, 2.05) is 0 Å². The van der Waals surface area contributed by atoms with E-state index in [0.717, 1.165) is 6.42 Å². The first-order chi connectivity index (χ1) is 11.4. The number of unbranched alkanes of at least 4 members (excludes halogenated alkanes) is 6. The van der Waals surface area contributed by atoms with Gasteiger partial charge in [0.1, 0.15) is 0 Å². The average Bonchev–Trinajstić information content (AvgIpc) is 2.40. The molecule has 0 bridgehead atoms. The van der Waals surface area contributed by atoms with Crippen molar-refractivity contribution in [2.45, 2.75) is 137 Å². The van der Waals surface area contributed by atoms with Gasteiger partial charge in [0.2, 0.25) is 0 Å². The Balaban J connectivity index is 4.85. The van der Waals surface area contributed by atoms with Gasteiger partial charge in [-0.25, -0.2) is 0 Å². The van der Waals surface area contributed by atoms with Crippen LogP contribution in [0.15, 0.2) is 0 Å². The van der Waals surface area contributed by atoms with Gasteiger partial charge in [-0.2, -0.15) is 0 Å². The van der Waals surface area contributed by atoms with Crippen molar-refractivity contribution in [3.05, 3.63) is 0 Å². The minimum Gasteiger partial charge on any atom is -0.375 e. The maximum Gasteiger partial charge on any atom is 0.0935 e. The van der Waals surface area contributed by atoms with Gasteiger partial charge in [-0.05, 0) is 61.8 Å². The van der Waals surface area contributed by atoms with Crippen molar-refractivity contribution in [1.82, 2.24) is 10.6 Å². The maximum absolute atomic E-state index is 6.08. The first kappa shape index (κ1) is 24.9. The largest absolute Gasteiger partial charge is 0.375 e. The minimum absolute atomic E-state index is 0.0414. The Morgan fingerprint density at radius 2 is 1.16 bits per heavy atom. The zero-order valence-electron chi connectivity index (χ0n) is 18.8. The molecule has 0 atom stereocenters. The molecule has 3 nitrogen and oxygen atoms in total. The van der Waals surface area contributed by atoms with E-state index < -0.39 is 0 Å². The van der Waals surface area contributed by atoms with Gasteiger partial charge in [-0.15, -0.1) is 0 Å². The number of nitrogens with one attached hydrogen (secondary N) is 2. The second kappa shape index (κ2) is 11.6. The summed E-state index contributed by atoms with van der Waals surface area (Å²) in [5.41, 5.74) is -0.0936. The molecule has 0 unspecified atom stereocenters. The Morgan fingerprint density at radius 3 is 1.56 bits per heavy atom. The lowest BCUT2D eigenvalue weighted by atomic mass is 9.93. The molecule has 0 aliphatic heterocycles. The van der Waals surface area contributed by atoms with Gasteiger partial charge < -0.3 is 4.74 Å². The summed E-state index contributed by atoms with van der Waals surface area (Å²) in [5, 5.41) is 7.71.